The Bertz CT molecular complexity index is 325. The maximum Gasteiger partial charge on any atom is 0.0389 e. The molecule has 0 aromatic heterocycles. The Labute approximate surface area is 92.3 Å². The molecular formula is C13H20N2. The fraction of sp³-hybridized carbons (Fsp3) is 0.538. The normalized spacial score (nSPS) is 26.7. The Balaban J connectivity index is 2.27. The number of rotatable bonds is 1. The van der Waals surface area contributed by atoms with Gasteiger partial charge in [-0.2, -0.15) is 0 Å². The van der Waals surface area contributed by atoms with Crippen molar-refractivity contribution in [2.45, 2.75) is 32.9 Å². The first-order valence-corrected chi connectivity index (χ1v) is 5.74. The summed E-state index contributed by atoms with van der Waals surface area (Å²) in [4.78, 5) is 2.52. The molecule has 2 unspecified atom stereocenters. The first kappa shape index (κ1) is 10.5. The summed E-state index contributed by atoms with van der Waals surface area (Å²) in [6.07, 6.45) is 0. The van der Waals surface area contributed by atoms with Gasteiger partial charge in [0.05, 0.1) is 0 Å². The van der Waals surface area contributed by atoms with Crippen LogP contribution in [-0.4, -0.2) is 25.2 Å². The number of nitrogens with zero attached hydrogens (tertiary/aromatic N) is 1. The van der Waals surface area contributed by atoms with Crippen LogP contribution in [0.4, 0.5) is 5.69 Å². The first-order valence-electron chi connectivity index (χ1n) is 5.74. The minimum absolute atomic E-state index is 0.579. The van der Waals surface area contributed by atoms with Crippen LogP contribution in [0, 0.1) is 6.92 Å². The van der Waals surface area contributed by atoms with Gasteiger partial charge in [0.15, 0.2) is 0 Å². The molecule has 1 N–H and O–H groups in total. The van der Waals surface area contributed by atoms with E-state index in [-0.39, 0.29) is 0 Å². The third-order valence-electron chi connectivity index (χ3n) is 3.13. The quantitative estimate of drug-likeness (QED) is 0.754. The van der Waals surface area contributed by atoms with Crippen molar-refractivity contribution < 1.29 is 0 Å². The predicted molar refractivity (Wildman–Crippen MR) is 65.5 cm³/mol. The first-order chi connectivity index (χ1) is 7.18. The molecule has 1 aromatic carbocycles. The lowest BCUT2D eigenvalue weighted by Crippen LogP contribution is -2.55. The second-order valence-corrected chi connectivity index (χ2v) is 4.60. The smallest absolute Gasteiger partial charge is 0.0389 e. The maximum absolute atomic E-state index is 3.46. The number of nitrogens with one attached hydrogen (secondary N) is 1. The highest BCUT2D eigenvalue weighted by Crippen LogP contribution is 2.22. The summed E-state index contributed by atoms with van der Waals surface area (Å²) in [5.41, 5.74) is 2.70. The van der Waals surface area contributed by atoms with Crippen molar-refractivity contribution in [3.63, 3.8) is 0 Å². The van der Waals surface area contributed by atoms with Crippen molar-refractivity contribution in [1.29, 1.82) is 0 Å². The molecule has 1 heterocycles. The van der Waals surface area contributed by atoms with Crippen molar-refractivity contribution in [1.82, 2.24) is 5.32 Å². The van der Waals surface area contributed by atoms with Crippen LogP contribution in [0.15, 0.2) is 24.3 Å². The van der Waals surface area contributed by atoms with Crippen LogP contribution in [0.3, 0.4) is 0 Å². The highest BCUT2D eigenvalue weighted by Gasteiger charge is 2.24. The van der Waals surface area contributed by atoms with E-state index in [9.17, 15) is 0 Å². The maximum atomic E-state index is 3.46. The predicted octanol–water partition coefficient (Wildman–Crippen LogP) is 2.18. The van der Waals surface area contributed by atoms with Gasteiger partial charge >= 0.3 is 0 Å². The lowest BCUT2D eigenvalue weighted by Gasteiger charge is -2.41. The SMILES string of the molecule is Cc1cccc(N2C(C)CNCC2C)c1. The summed E-state index contributed by atoms with van der Waals surface area (Å²) < 4.78 is 0. The molecule has 15 heavy (non-hydrogen) atoms. The van der Waals surface area contributed by atoms with Crippen molar-refractivity contribution in [2.24, 2.45) is 0 Å². The Kier molecular flexibility index (Phi) is 2.96. The van der Waals surface area contributed by atoms with Crippen molar-refractivity contribution in [3.8, 4) is 0 Å². The third kappa shape index (κ3) is 2.15. The van der Waals surface area contributed by atoms with Crippen LogP contribution in [-0.2, 0) is 0 Å². The van der Waals surface area contributed by atoms with E-state index in [1.54, 1.807) is 0 Å². The van der Waals surface area contributed by atoms with Gasteiger partial charge in [-0.3, -0.25) is 0 Å². The van der Waals surface area contributed by atoms with Crippen LogP contribution in [0.1, 0.15) is 19.4 Å². The van der Waals surface area contributed by atoms with Crippen molar-refractivity contribution in [2.75, 3.05) is 18.0 Å². The lowest BCUT2D eigenvalue weighted by atomic mass is 10.1. The van der Waals surface area contributed by atoms with E-state index < -0.39 is 0 Å². The molecule has 82 valence electrons. The van der Waals surface area contributed by atoms with E-state index >= 15 is 0 Å². The zero-order valence-corrected chi connectivity index (χ0v) is 9.83. The summed E-state index contributed by atoms with van der Waals surface area (Å²) in [7, 11) is 0. The molecule has 1 fully saturated rings. The van der Waals surface area contributed by atoms with Gasteiger partial charge < -0.3 is 10.2 Å². The van der Waals surface area contributed by atoms with Gasteiger partial charge in [0.2, 0.25) is 0 Å². The number of benzene rings is 1. The topological polar surface area (TPSA) is 15.3 Å². The molecule has 2 rings (SSSR count). The average molecular weight is 204 g/mol. The number of anilines is 1. The molecular weight excluding hydrogens is 184 g/mol. The molecule has 0 radical (unpaired) electrons. The largest absolute Gasteiger partial charge is 0.364 e. The van der Waals surface area contributed by atoms with Gasteiger partial charge in [0.1, 0.15) is 0 Å². The number of hydrogen-bond donors (Lipinski definition) is 1. The van der Waals surface area contributed by atoms with Crippen molar-refractivity contribution >= 4 is 5.69 Å². The lowest BCUT2D eigenvalue weighted by molar-refractivity contribution is 0.432. The van der Waals surface area contributed by atoms with Gasteiger partial charge in [-0.15, -0.1) is 0 Å². The van der Waals surface area contributed by atoms with Crippen LogP contribution in [0.2, 0.25) is 0 Å². The molecule has 0 aliphatic carbocycles. The summed E-state index contributed by atoms with van der Waals surface area (Å²) in [6.45, 7) is 8.88. The highest BCUT2D eigenvalue weighted by atomic mass is 15.2. The van der Waals surface area contributed by atoms with E-state index in [1.807, 2.05) is 0 Å². The molecule has 2 atom stereocenters. The third-order valence-corrected chi connectivity index (χ3v) is 3.13. The molecule has 1 saturated heterocycles. The fourth-order valence-corrected chi connectivity index (χ4v) is 2.43. The summed E-state index contributed by atoms with van der Waals surface area (Å²) in [6, 6.07) is 9.95. The van der Waals surface area contributed by atoms with E-state index in [0.29, 0.717) is 12.1 Å². The van der Waals surface area contributed by atoms with Gasteiger partial charge in [-0.05, 0) is 38.5 Å². The average Bonchev–Trinajstić information content (AvgIpc) is 2.17. The number of aryl methyl sites for hydroxylation is 1. The van der Waals surface area contributed by atoms with Gasteiger partial charge in [-0.25, -0.2) is 0 Å². The van der Waals surface area contributed by atoms with Crippen LogP contribution in [0.5, 0.6) is 0 Å². The summed E-state index contributed by atoms with van der Waals surface area (Å²) in [5, 5.41) is 3.46. The Morgan fingerprint density at radius 2 is 1.87 bits per heavy atom. The monoisotopic (exact) mass is 204 g/mol. The molecule has 0 spiro atoms. The van der Waals surface area contributed by atoms with Gasteiger partial charge in [0.25, 0.3) is 0 Å². The van der Waals surface area contributed by atoms with Crippen LogP contribution >= 0.6 is 0 Å². The van der Waals surface area contributed by atoms with Gasteiger partial charge in [-0.1, -0.05) is 12.1 Å². The van der Waals surface area contributed by atoms with Crippen LogP contribution in [0.25, 0.3) is 0 Å². The number of piperazine rings is 1. The van der Waals surface area contributed by atoms with Gasteiger partial charge in [0, 0.05) is 30.9 Å². The highest BCUT2D eigenvalue weighted by molar-refractivity contribution is 5.50. The fourth-order valence-electron chi connectivity index (χ4n) is 2.43. The molecule has 0 bridgehead atoms. The number of hydrogen-bond acceptors (Lipinski definition) is 2. The second kappa shape index (κ2) is 4.23. The summed E-state index contributed by atoms with van der Waals surface area (Å²) in [5.74, 6) is 0. The van der Waals surface area contributed by atoms with E-state index in [4.69, 9.17) is 0 Å². The molecule has 0 saturated carbocycles. The zero-order chi connectivity index (χ0) is 10.8. The Morgan fingerprint density at radius 3 is 2.47 bits per heavy atom. The molecule has 2 nitrogen and oxygen atoms in total. The molecule has 1 aromatic rings. The Hall–Kier alpha value is -1.02. The molecule has 1 aliphatic rings. The van der Waals surface area contributed by atoms with E-state index in [0.717, 1.165) is 13.1 Å². The van der Waals surface area contributed by atoms with Crippen LogP contribution < -0.4 is 10.2 Å². The standard InChI is InChI=1S/C13H20N2/c1-10-5-4-6-13(7-10)15-11(2)8-14-9-12(15)3/h4-7,11-12,14H,8-9H2,1-3H3. The second-order valence-electron chi connectivity index (χ2n) is 4.60. The van der Waals surface area contributed by atoms with Crippen molar-refractivity contribution in [3.05, 3.63) is 29.8 Å². The minimum atomic E-state index is 0.579. The molecule has 1 aliphatic heterocycles. The molecule has 0 amide bonds. The summed E-state index contributed by atoms with van der Waals surface area (Å²) >= 11 is 0. The zero-order valence-electron chi connectivity index (χ0n) is 9.83. The van der Waals surface area contributed by atoms with E-state index in [2.05, 4.69) is 55.3 Å². The Morgan fingerprint density at radius 1 is 1.20 bits per heavy atom. The minimum Gasteiger partial charge on any atom is -0.364 e. The van der Waals surface area contributed by atoms with E-state index in [1.165, 1.54) is 11.3 Å². The molecule has 2 heteroatoms.